The number of piperidine rings is 1. The summed E-state index contributed by atoms with van der Waals surface area (Å²) in [7, 11) is -2.08. The van der Waals surface area contributed by atoms with Crippen LogP contribution in [-0.4, -0.2) is 58.1 Å². The van der Waals surface area contributed by atoms with Crippen molar-refractivity contribution in [3.63, 3.8) is 0 Å². The highest BCUT2D eigenvalue weighted by Crippen LogP contribution is 2.26. The highest BCUT2D eigenvalue weighted by atomic mass is 32.2. The van der Waals surface area contributed by atoms with Crippen LogP contribution in [0.2, 0.25) is 0 Å². The van der Waals surface area contributed by atoms with Gasteiger partial charge in [0.2, 0.25) is 15.9 Å². The van der Waals surface area contributed by atoms with Gasteiger partial charge in [0.05, 0.1) is 11.5 Å². The number of hydrogen-bond acceptors (Lipinski definition) is 6. The van der Waals surface area contributed by atoms with Crippen molar-refractivity contribution >= 4 is 33.4 Å². The van der Waals surface area contributed by atoms with Crippen LogP contribution in [0.15, 0.2) is 47.4 Å². The van der Waals surface area contributed by atoms with Crippen LogP contribution in [0.5, 0.6) is 0 Å². The van der Waals surface area contributed by atoms with Crippen LogP contribution in [0.3, 0.4) is 0 Å². The zero-order valence-electron chi connectivity index (χ0n) is 19.7. The van der Waals surface area contributed by atoms with Crippen molar-refractivity contribution in [2.75, 3.05) is 44.0 Å². The van der Waals surface area contributed by atoms with Gasteiger partial charge in [0.1, 0.15) is 6.61 Å². The Bertz CT molecular complexity index is 1130. The quantitative estimate of drug-likeness (QED) is 0.549. The fourth-order valence-electron chi connectivity index (χ4n) is 3.67. The first-order valence-electron chi connectivity index (χ1n) is 11.1. The molecule has 2 N–H and O–H groups in total. The Labute approximate surface area is 200 Å². The fraction of sp³-hybridized carbons (Fsp3) is 0.417. The second-order valence-corrected chi connectivity index (χ2v) is 10.2. The smallest absolute Gasteiger partial charge is 0.411 e. The van der Waals surface area contributed by atoms with Crippen molar-refractivity contribution in [2.24, 2.45) is 5.92 Å². The van der Waals surface area contributed by atoms with Crippen molar-refractivity contribution in [1.29, 1.82) is 0 Å². The Kier molecular flexibility index (Phi) is 8.65. The van der Waals surface area contributed by atoms with E-state index in [-0.39, 0.29) is 36.4 Å². The minimum atomic E-state index is -3.59. The number of benzene rings is 2. The van der Waals surface area contributed by atoms with Gasteiger partial charge in [-0.15, -0.1) is 0 Å². The van der Waals surface area contributed by atoms with E-state index in [9.17, 15) is 18.0 Å². The lowest BCUT2D eigenvalue weighted by molar-refractivity contribution is -0.120. The SMILES string of the molecule is COCCOC(=O)Nc1cccc(NC(=O)C2CCN(S(=O)(=O)c3ccc(C)c(C)c3)CC2)c1. The van der Waals surface area contributed by atoms with Gasteiger partial charge in [-0.05, 0) is 68.1 Å². The molecular formula is C24H31N3O6S. The molecule has 0 atom stereocenters. The number of carbonyl (C=O) groups is 2. The van der Waals surface area contributed by atoms with Crippen LogP contribution in [0.25, 0.3) is 0 Å². The van der Waals surface area contributed by atoms with E-state index >= 15 is 0 Å². The first-order chi connectivity index (χ1) is 16.2. The number of sulfonamides is 1. The van der Waals surface area contributed by atoms with E-state index in [1.54, 1.807) is 36.4 Å². The van der Waals surface area contributed by atoms with Gasteiger partial charge in [-0.2, -0.15) is 4.31 Å². The van der Waals surface area contributed by atoms with Gasteiger partial charge >= 0.3 is 6.09 Å². The number of carbonyl (C=O) groups excluding carboxylic acids is 2. The van der Waals surface area contributed by atoms with Crippen LogP contribution in [0.1, 0.15) is 24.0 Å². The Balaban J connectivity index is 1.54. The maximum absolute atomic E-state index is 13.0. The molecule has 184 valence electrons. The van der Waals surface area contributed by atoms with Crippen LogP contribution < -0.4 is 10.6 Å². The average Bonchev–Trinajstić information content (AvgIpc) is 2.81. The van der Waals surface area contributed by atoms with E-state index < -0.39 is 16.1 Å². The fourth-order valence-corrected chi connectivity index (χ4v) is 5.23. The summed E-state index contributed by atoms with van der Waals surface area (Å²) in [6.07, 6.45) is 0.247. The van der Waals surface area contributed by atoms with E-state index in [1.165, 1.54) is 11.4 Å². The number of methoxy groups -OCH3 is 1. The normalized spacial score (nSPS) is 15.0. The Hall–Kier alpha value is -2.95. The Morgan fingerprint density at radius 1 is 0.971 bits per heavy atom. The highest BCUT2D eigenvalue weighted by Gasteiger charge is 2.32. The van der Waals surface area contributed by atoms with Gasteiger partial charge in [-0.1, -0.05) is 12.1 Å². The minimum absolute atomic E-state index is 0.136. The third-order valence-electron chi connectivity index (χ3n) is 5.84. The van der Waals surface area contributed by atoms with Crippen LogP contribution in [-0.2, 0) is 24.3 Å². The third-order valence-corrected chi connectivity index (χ3v) is 7.73. The van der Waals surface area contributed by atoms with Gasteiger partial charge in [-0.25, -0.2) is 13.2 Å². The van der Waals surface area contributed by atoms with E-state index in [0.717, 1.165) is 11.1 Å². The zero-order valence-corrected chi connectivity index (χ0v) is 20.5. The van der Waals surface area contributed by atoms with Crippen LogP contribution in [0, 0.1) is 19.8 Å². The number of aryl methyl sites for hydroxylation is 2. The van der Waals surface area contributed by atoms with Crippen LogP contribution in [0.4, 0.5) is 16.2 Å². The van der Waals surface area contributed by atoms with Crippen molar-refractivity contribution in [1.82, 2.24) is 4.31 Å². The summed E-state index contributed by atoms with van der Waals surface area (Å²) < 4.78 is 37.2. The molecule has 1 fully saturated rings. The van der Waals surface area contributed by atoms with Gasteiger partial charge < -0.3 is 14.8 Å². The molecule has 2 amide bonds. The number of nitrogens with zero attached hydrogens (tertiary/aromatic N) is 1. The molecule has 1 saturated heterocycles. The molecule has 0 aliphatic carbocycles. The molecule has 0 bridgehead atoms. The third kappa shape index (κ3) is 6.55. The lowest BCUT2D eigenvalue weighted by Gasteiger charge is -2.30. The zero-order chi connectivity index (χ0) is 24.7. The molecular weight excluding hydrogens is 458 g/mol. The molecule has 0 radical (unpaired) electrons. The van der Waals surface area contributed by atoms with Gasteiger partial charge in [0, 0.05) is 37.5 Å². The molecule has 0 spiro atoms. The van der Waals surface area contributed by atoms with Crippen molar-refractivity contribution < 1.29 is 27.5 Å². The highest BCUT2D eigenvalue weighted by molar-refractivity contribution is 7.89. The molecule has 1 aliphatic heterocycles. The first-order valence-corrected chi connectivity index (χ1v) is 12.6. The molecule has 0 saturated carbocycles. The second-order valence-electron chi connectivity index (χ2n) is 8.25. The lowest BCUT2D eigenvalue weighted by Crippen LogP contribution is -2.41. The summed E-state index contributed by atoms with van der Waals surface area (Å²) in [6.45, 7) is 4.82. The molecule has 2 aromatic rings. The number of ether oxygens (including phenoxy) is 2. The van der Waals surface area contributed by atoms with Crippen molar-refractivity contribution in [2.45, 2.75) is 31.6 Å². The summed E-state index contributed by atoms with van der Waals surface area (Å²) >= 11 is 0. The molecule has 0 aromatic heterocycles. The topological polar surface area (TPSA) is 114 Å². The van der Waals surface area contributed by atoms with E-state index in [2.05, 4.69) is 10.6 Å². The molecule has 9 nitrogen and oxygen atoms in total. The summed E-state index contributed by atoms with van der Waals surface area (Å²) in [6, 6.07) is 11.9. The average molecular weight is 490 g/mol. The monoisotopic (exact) mass is 489 g/mol. The molecule has 34 heavy (non-hydrogen) atoms. The Morgan fingerprint density at radius 2 is 1.65 bits per heavy atom. The number of hydrogen-bond donors (Lipinski definition) is 2. The van der Waals surface area contributed by atoms with Gasteiger partial charge in [0.25, 0.3) is 0 Å². The second kappa shape index (κ2) is 11.5. The largest absolute Gasteiger partial charge is 0.447 e. The summed E-state index contributed by atoms with van der Waals surface area (Å²) in [5, 5.41) is 5.46. The van der Waals surface area contributed by atoms with E-state index in [0.29, 0.717) is 30.8 Å². The van der Waals surface area contributed by atoms with E-state index in [4.69, 9.17) is 9.47 Å². The lowest BCUT2D eigenvalue weighted by atomic mass is 9.97. The van der Waals surface area contributed by atoms with Crippen molar-refractivity contribution in [3.05, 3.63) is 53.6 Å². The maximum atomic E-state index is 13.0. The predicted octanol–water partition coefficient (Wildman–Crippen LogP) is 3.54. The summed E-state index contributed by atoms with van der Waals surface area (Å²) in [5.74, 6) is -0.482. The Morgan fingerprint density at radius 3 is 2.29 bits per heavy atom. The molecule has 10 heteroatoms. The minimum Gasteiger partial charge on any atom is -0.447 e. The number of rotatable bonds is 8. The summed E-state index contributed by atoms with van der Waals surface area (Å²) in [4.78, 5) is 24.8. The van der Waals surface area contributed by atoms with E-state index in [1.807, 2.05) is 19.9 Å². The number of amides is 2. The first kappa shape index (κ1) is 25.7. The standard InChI is InChI=1S/C24H31N3O6S/c1-17-7-8-22(15-18(17)2)34(30,31)27-11-9-19(10-12-27)23(28)25-20-5-4-6-21(16-20)26-24(29)33-14-13-32-3/h4-8,15-16,19H,9-14H2,1-3H3,(H,25,28)(H,26,29). The molecule has 0 unspecified atom stereocenters. The maximum Gasteiger partial charge on any atom is 0.411 e. The van der Waals surface area contributed by atoms with Gasteiger partial charge in [0.15, 0.2) is 0 Å². The van der Waals surface area contributed by atoms with Gasteiger partial charge in [-0.3, -0.25) is 10.1 Å². The van der Waals surface area contributed by atoms with Crippen LogP contribution >= 0.6 is 0 Å². The number of anilines is 2. The molecule has 1 heterocycles. The number of nitrogens with one attached hydrogen (secondary N) is 2. The molecule has 2 aromatic carbocycles. The molecule has 1 aliphatic rings. The predicted molar refractivity (Wildman–Crippen MR) is 129 cm³/mol. The molecule has 3 rings (SSSR count). The van der Waals surface area contributed by atoms with Crippen molar-refractivity contribution in [3.8, 4) is 0 Å². The summed E-state index contributed by atoms with van der Waals surface area (Å²) in [5.41, 5.74) is 2.98.